The van der Waals surface area contributed by atoms with E-state index in [1.807, 2.05) is 61.5 Å². The number of hydrogen-bond donors (Lipinski definition) is 1. The van der Waals surface area contributed by atoms with E-state index in [4.69, 9.17) is 0 Å². The maximum atomic E-state index is 13.7. The van der Waals surface area contributed by atoms with Crippen molar-refractivity contribution in [2.75, 3.05) is 4.90 Å². The lowest BCUT2D eigenvalue weighted by molar-refractivity contribution is -0.122. The van der Waals surface area contributed by atoms with E-state index in [9.17, 15) is 9.59 Å². The number of nitrogens with zero attached hydrogens (tertiary/aromatic N) is 3. The Bertz CT molecular complexity index is 1200. The van der Waals surface area contributed by atoms with Crippen LogP contribution in [-0.2, 0) is 11.3 Å². The van der Waals surface area contributed by atoms with Crippen molar-refractivity contribution >= 4 is 17.5 Å². The molecule has 6 heteroatoms. The molecular formula is C27H24N4O2. The van der Waals surface area contributed by atoms with Gasteiger partial charge < -0.3 is 5.32 Å². The third-order valence-electron chi connectivity index (χ3n) is 5.24. The number of carbonyl (C=O) groups is 2. The Labute approximate surface area is 192 Å². The molecule has 2 heterocycles. The minimum Gasteiger partial charge on any atom is -0.350 e. The topological polar surface area (TPSA) is 75.2 Å². The van der Waals surface area contributed by atoms with Gasteiger partial charge in [-0.05, 0) is 42.3 Å². The summed E-state index contributed by atoms with van der Waals surface area (Å²) < 4.78 is 0. The molecule has 0 aliphatic carbocycles. The van der Waals surface area contributed by atoms with Crippen LogP contribution >= 0.6 is 0 Å². The van der Waals surface area contributed by atoms with Gasteiger partial charge in [-0.1, -0.05) is 66.2 Å². The van der Waals surface area contributed by atoms with E-state index in [1.54, 1.807) is 48.9 Å². The van der Waals surface area contributed by atoms with Crippen LogP contribution in [0.15, 0.2) is 104 Å². The molecule has 0 bridgehead atoms. The number of aromatic nitrogens is 2. The van der Waals surface area contributed by atoms with Crippen molar-refractivity contribution in [3.05, 3.63) is 126 Å². The summed E-state index contributed by atoms with van der Waals surface area (Å²) in [5.41, 5.74) is 3.48. The maximum Gasteiger partial charge on any atom is 0.277 e. The van der Waals surface area contributed by atoms with Crippen molar-refractivity contribution in [2.24, 2.45) is 0 Å². The van der Waals surface area contributed by atoms with Crippen LogP contribution in [0.3, 0.4) is 0 Å². The van der Waals surface area contributed by atoms with E-state index in [0.29, 0.717) is 17.8 Å². The molecule has 2 aromatic carbocycles. The molecule has 2 amide bonds. The fourth-order valence-corrected chi connectivity index (χ4v) is 3.54. The molecule has 6 nitrogen and oxygen atoms in total. The first kappa shape index (κ1) is 21.9. The van der Waals surface area contributed by atoms with Gasteiger partial charge in [0.2, 0.25) is 5.91 Å². The Morgan fingerprint density at radius 2 is 1.64 bits per heavy atom. The molecule has 33 heavy (non-hydrogen) atoms. The monoisotopic (exact) mass is 436 g/mol. The summed E-state index contributed by atoms with van der Waals surface area (Å²) in [6, 6.07) is 25.0. The molecule has 1 atom stereocenters. The first-order valence-corrected chi connectivity index (χ1v) is 10.7. The number of pyridine rings is 2. The molecule has 1 N–H and O–H groups in total. The highest BCUT2D eigenvalue weighted by atomic mass is 16.2. The number of benzene rings is 2. The van der Waals surface area contributed by atoms with Gasteiger partial charge in [0, 0.05) is 18.9 Å². The maximum absolute atomic E-state index is 13.7. The summed E-state index contributed by atoms with van der Waals surface area (Å²) in [4.78, 5) is 37.1. The van der Waals surface area contributed by atoms with E-state index >= 15 is 0 Å². The van der Waals surface area contributed by atoms with Crippen molar-refractivity contribution in [3.63, 3.8) is 0 Å². The van der Waals surface area contributed by atoms with E-state index in [1.165, 1.54) is 4.90 Å². The number of rotatable bonds is 7. The molecule has 0 radical (unpaired) electrons. The van der Waals surface area contributed by atoms with Gasteiger partial charge in [-0.3, -0.25) is 24.5 Å². The summed E-state index contributed by atoms with van der Waals surface area (Å²) in [7, 11) is 0. The number of aryl methyl sites for hydroxylation is 1. The normalized spacial score (nSPS) is 11.4. The number of nitrogens with one attached hydrogen (secondary N) is 1. The third-order valence-corrected chi connectivity index (χ3v) is 5.24. The fourth-order valence-electron chi connectivity index (χ4n) is 3.54. The molecular weight excluding hydrogens is 412 g/mol. The lowest BCUT2D eigenvalue weighted by Gasteiger charge is -2.31. The van der Waals surface area contributed by atoms with E-state index in [-0.39, 0.29) is 17.5 Å². The molecule has 4 aromatic rings. The summed E-state index contributed by atoms with van der Waals surface area (Å²) in [6.45, 7) is 2.33. The number of hydrogen-bond acceptors (Lipinski definition) is 4. The fraction of sp³-hybridized carbons (Fsp3) is 0.111. The first-order chi connectivity index (χ1) is 16.1. The number of carbonyl (C=O) groups excluding carboxylic acids is 2. The molecule has 0 spiro atoms. The van der Waals surface area contributed by atoms with Crippen LogP contribution in [0.5, 0.6) is 0 Å². The highest BCUT2D eigenvalue weighted by Crippen LogP contribution is 2.29. The zero-order chi connectivity index (χ0) is 23.0. The summed E-state index contributed by atoms with van der Waals surface area (Å²) in [5, 5.41) is 3.00. The molecule has 0 saturated heterocycles. The molecule has 4 rings (SSSR count). The van der Waals surface area contributed by atoms with Crippen LogP contribution in [0.4, 0.5) is 5.69 Å². The SMILES string of the molecule is Cc1ccc([C@H](C(=O)NCc2ccccc2)N(C(=O)c2ccccn2)c2cccnc2)cc1. The second kappa shape index (κ2) is 10.3. The smallest absolute Gasteiger partial charge is 0.277 e. The van der Waals surface area contributed by atoms with Gasteiger partial charge in [-0.15, -0.1) is 0 Å². The largest absolute Gasteiger partial charge is 0.350 e. The van der Waals surface area contributed by atoms with Crippen LogP contribution in [0, 0.1) is 6.92 Å². The van der Waals surface area contributed by atoms with Crippen LogP contribution < -0.4 is 10.2 Å². The average molecular weight is 437 g/mol. The Morgan fingerprint density at radius 3 is 2.30 bits per heavy atom. The predicted molar refractivity (Wildman–Crippen MR) is 127 cm³/mol. The number of anilines is 1. The highest BCUT2D eigenvalue weighted by molar-refractivity contribution is 6.09. The van der Waals surface area contributed by atoms with Crippen LogP contribution in [-0.4, -0.2) is 21.8 Å². The zero-order valence-electron chi connectivity index (χ0n) is 18.3. The summed E-state index contributed by atoms with van der Waals surface area (Å²) >= 11 is 0. The van der Waals surface area contributed by atoms with Crippen molar-refractivity contribution < 1.29 is 9.59 Å². The Kier molecular flexibility index (Phi) is 6.85. The van der Waals surface area contributed by atoms with Crippen LogP contribution in [0.2, 0.25) is 0 Å². The van der Waals surface area contributed by atoms with Gasteiger partial charge in [-0.2, -0.15) is 0 Å². The van der Waals surface area contributed by atoms with Crippen LogP contribution in [0.25, 0.3) is 0 Å². The van der Waals surface area contributed by atoms with Gasteiger partial charge in [0.1, 0.15) is 11.7 Å². The molecule has 0 saturated carbocycles. The summed E-state index contributed by atoms with van der Waals surface area (Å²) in [5.74, 6) is -0.681. The Balaban J connectivity index is 1.76. The predicted octanol–water partition coefficient (Wildman–Crippen LogP) is 4.49. The average Bonchev–Trinajstić information content (AvgIpc) is 2.88. The minimum absolute atomic E-state index is 0.245. The van der Waals surface area contributed by atoms with Gasteiger partial charge in [0.25, 0.3) is 5.91 Å². The Hall–Kier alpha value is -4.32. The van der Waals surface area contributed by atoms with E-state index in [0.717, 1.165) is 11.1 Å². The molecule has 0 aliphatic heterocycles. The molecule has 0 fully saturated rings. The standard InChI is InChI=1S/C27H24N4O2/c1-20-12-14-22(15-13-20)25(26(32)30-18-21-8-3-2-4-9-21)31(23-10-7-16-28-19-23)27(33)24-11-5-6-17-29-24/h2-17,19,25H,18H2,1H3,(H,30,32)/t25-/m1/s1. The molecule has 2 aromatic heterocycles. The van der Waals surface area contributed by atoms with Crippen molar-refractivity contribution in [1.29, 1.82) is 0 Å². The second-order valence-corrected chi connectivity index (χ2v) is 7.62. The molecule has 164 valence electrons. The second-order valence-electron chi connectivity index (χ2n) is 7.62. The Morgan fingerprint density at radius 1 is 0.879 bits per heavy atom. The van der Waals surface area contributed by atoms with Crippen LogP contribution in [0.1, 0.15) is 33.2 Å². The molecule has 0 unspecified atom stereocenters. The van der Waals surface area contributed by atoms with Gasteiger partial charge >= 0.3 is 0 Å². The summed E-state index contributed by atoms with van der Waals surface area (Å²) in [6.07, 6.45) is 4.76. The lowest BCUT2D eigenvalue weighted by atomic mass is 10.0. The van der Waals surface area contributed by atoms with E-state index < -0.39 is 6.04 Å². The lowest BCUT2D eigenvalue weighted by Crippen LogP contribution is -2.44. The minimum atomic E-state index is -0.909. The van der Waals surface area contributed by atoms with Gasteiger partial charge in [0.15, 0.2) is 0 Å². The van der Waals surface area contributed by atoms with Crippen molar-refractivity contribution in [2.45, 2.75) is 19.5 Å². The van der Waals surface area contributed by atoms with Gasteiger partial charge in [0.05, 0.1) is 11.9 Å². The highest BCUT2D eigenvalue weighted by Gasteiger charge is 2.34. The van der Waals surface area contributed by atoms with Gasteiger partial charge in [-0.25, -0.2) is 0 Å². The zero-order valence-corrected chi connectivity index (χ0v) is 18.3. The number of amides is 2. The van der Waals surface area contributed by atoms with Crippen molar-refractivity contribution in [1.82, 2.24) is 15.3 Å². The van der Waals surface area contributed by atoms with E-state index in [2.05, 4.69) is 15.3 Å². The third kappa shape index (κ3) is 5.30. The first-order valence-electron chi connectivity index (χ1n) is 10.7. The quantitative estimate of drug-likeness (QED) is 0.463. The van der Waals surface area contributed by atoms with Crippen molar-refractivity contribution in [3.8, 4) is 0 Å². The molecule has 0 aliphatic rings.